The first-order chi connectivity index (χ1) is 34.1. The van der Waals surface area contributed by atoms with Gasteiger partial charge in [-0.2, -0.15) is 0 Å². The summed E-state index contributed by atoms with van der Waals surface area (Å²) in [6.45, 7) is 12.2. The maximum absolute atomic E-state index is 12.7. The number of aliphatic hydroxyl groups excluding tert-OH is 2. The van der Waals surface area contributed by atoms with E-state index in [9.17, 15) is 19.8 Å². The molecule has 2 amide bonds. The van der Waals surface area contributed by atoms with Crippen LogP contribution in [-0.2, 0) is 9.47 Å². The zero-order chi connectivity index (χ0) is 48.7. The van der Waals surface area contributed by atoms with Crippen LogP contribution in [0.25, 0.3) is 0 Å². The van der Waals surface area contributed by atoms with Gasteiger partial charge in [0.2, 0.25) is 11.9 Å². The molecule has 4 N–H and O–H groups in total. The van der Waals surface area contributed by atoms with Gasteiger partial charge in [-0.05, 0) is 38.1 Å². The number of nitrogens with zero attached hydrogens (tertiary/aromatic N) is 10. The smallest absolute Gasteiger partial charge is 0.269 e. The van der Waals surface area contributed by atoms with Gasteiger partial charge in [-0.3, -0.25) is 59.8 Å². The Morgan fingerprint density at radius 3 is 1.63 bits per heavy atom. The Kier molecular flexibility index (Phi) is 15.6. The molecule has 6 aliphatic rings. The van der Waals surface area contributed by atoms with Crippen molar-refractivity contribution in [3.63, 3.8) is 0 Å². The Morgan fingerprint density at radius 1 is 0.714 bits per heavy atom. The molecule has 24 heteroatoms. The van der Waals surface area contributed by atoms with E-state index in [0.29, 0.717) is 109 Å². The van der Waals surface area contributed by atoms with Gasteiger partial charge < -0.3 is 38.6 Å². The average molecular weight is 1000 g/mol. The second-order valence-corrected chi connectivity index (χ2v) is 18.8. The summed E-state index contributed by atoms with van der Waals surface area (Å²) in [5.74, 6) is 3.41. The molecule has 8 heterocycles. The lowest BCUT2D eigenvalue weighted by atomic mass is 10.1. The van der Waals surface area contributed by atoms with Crippen LogP contribution in [0.15, 0.2) is 67.6 Å². The lowest BCUT2D eigenvalue weighted by Gasteiger charge is -2.36. The van der Waals surface area contributed by atoms with Crippen molar-refractivity contribution >= 4 is 69.5 Å². The van der Waals surface area contributed by atoms with Crippen LogP contribution in [-0.4, -0.2) is 206 Å². The number of β-amino-alcohol motifs (C(OH)–C–C–N with tert-alkyl or cyclic N) is 2. The van der Waals surface area contributed by atoms with Crippen LogP contribution in [0.5, 0.6) is 23.0 Å². The predicted octanol–water partition coefficient (Wildman–Crippen LogP) is 2.21. The van der Waals surface area contributed by atoms with Crippen LogP contribution in [0.1, 0.15) is 44.3 Å². The number of carbonyl (C=O) groups excluding carboxylic acids is 2. The van der Waals surface area contributed by atoms with E-state index in [-0.39, 0.29) is 37.2 Å². The third kappa shape index (κ3) is 11.1. The molecule has 0 saturated carbocycles. The van der Waals surface area contributed by atoms with Crippen LogP contribution >= 0.6 is 22.7 Å². The van der Waals surface area contributed by atoms with Gasteiger partial charge in [0, 0.05) is 63.5 Å². The number of rotatable bonds is 14. The van der Waals surface area contributed by atoms with E-state index >= 15 is 0 Å². The van der Waals surface area contributed by atoms with Gasteiger partial charge in [-0.25, -0.2) is 9.98 Å². The summed E-state index contributed by atoms with van der Waals surface area (Å²) in [7, 11) is 3.09. The lowest BCUT2D eigenvalue weighted by molar-refractivity contribution is -0.0787. The van der Waals surface area contributed by atoms with Crippen LogP contribution in [0.2, 0.25) is 0 Å². The highest BCUT2D eigenvalue weighted by Crippen LogP contribution is 2.44. The molecule has 2 aromatic carbocycles. The number of aliphatic hydroxyl groups is 2. The zero-order valence-electron chi connectivity index (χ0n) is 39.3. The number of thiazole rings is 2. The molecule has 0 unspecified atom stereocenters. The Morgan fingerprint density at radius 2 is 1.19 bits per heavy atom. The normalized spacial score (nSPS) is 20.4. The van der Waals surface area contributed by atoms with Crippen LogP contribution in [0, 0.1) is 0 Å². The molecule has 372 valence electrons. The number of ether oxygens (including phenoxy) is 6. The first kappa shape index (κ1) is 48.9. The minimum atomic E-state index is -0.685. The molecule has 2 aromatic heterocycles. The summed E-state index contributed by atoms with van der Waals surface area (Å²) in [6, 6.07) is 7.37. The van der Waals surface area contributed by atoms with E-state index in [1.807, 2.05) is 35.8 Å². The predicted molar refractivity (Wildman–Crippen MR) is 262 cm³/mol. The molecule has 0 bridgehead atoms. The van der Waals surface area contributed by atoms with Gasteiger partial charge in [0.05, 0.1) is 76.1 Å². The van der Waals surface area contributed by atoms with Crippen molar-refractivity contribution < 1.29 is 48.2 Å². The fourth-order valence-electron chi connectivity index (χ4n) is 8.87. The zero-order valence-corrected chi connectivity index (χ0v) is 40.9. The SMILES string of the molecule is COc1c(OC[C@@H](O)CN2CCOCC2)ccc2c1N=C(NC(=O)c1cncs1)N1CCN=C21.COc1c(OC[C@H](O)CN2C[C@@H](C)O[C@@H](C)C2)ccc2c1N=C(NC(=O)c1cncs1)N1CCN=C21. The number of aliphatic imine (C=N–C) groups is 4. The van der Waals surface area contributed by atoms with E-state index in [0.717, 1.165) is 49.0 Å². The van der Waals surface area contributed by atoms with E-state index < -0.39 is 12.2 Å². The van der Waals surface area contributed by atoms with Crippen molar-refractivity contribution in [2.24, 2.45) is 20.0 Å². The molecule has 4 aromatic rings. The van der Waals surface area contributed by atoms with Gasteiger partial charge in [-0.15, -0.1) is 22.7 Å². The highest BCUT2D eigenvalue weighted by molar-refractivity contribution is 7.12. The Labute approximate surface area is 412 Å². The summed E-state index contributed by atoms with van der Waals surface area (Å²) >= 11 is 2.51. The van der Waals surface area contributed by atoms with Gasteiger partial charge >= 0.3 is 0 Å². The molecule has 0 radical (unpaired) electrons. The Bertz CT molecular complexity index is 2610. The first-order valence-electron chi connectivity index (χ1n) is 23.0. The number of carbonyl (C=O) groups is 2. The van der Waals surface area contributed by atoms with Gasteiger partial charge in [0.15, 0.2) is 23.0 Å². The van der Waals surface area contributed by atoms with Gasteiger partial charge in [0.25, 0.3) is 11.8 Å². The number of amidine groups is 2. The number of fused-ring (bicyclic) bond motifs is 6. The molecule has 6 aliphatic heterocycles. The van der Waals surface area contributed by atoms with Crippen molar-refractivity contribution in [2.45, 2.75) is 38.3 Å². The number of hydrogen-bond acceptors (Lipinski definition) is 22. The molecule has 2 fully saturated rings. The van der Waals surface area contributed by atoms with E-state index in [4.69, 9.17) is 38.4 Å². The van der Waals surface area contributed by atoms with E-state index in [2.05, 4.69) is 40.4 Å². The second kappa shape index (κ2) is 22.3. The highest BCUT2D eigenvalue weighted by atomic mass is 32.1. The largest absolute Gasteiger partial charge is 0.491 e. The number of hydrogen-bond donors (Lipinski definition) is 4. The number of benzene rings is 2. The molecule has 0 aliphatic carbocycles. The minimum Gasteiger partial charge on any atom is -0.491 e. The van der Waals surface area contributed by atoms with E-state index in [1.165, 1.54) is 35.1 Å². The first-order valence-corrected chi connectivity index (χ1v) is 24.8. The number of aromatic nitrogens is 2. The lowest BCUT2D eigenvalue weighted by Crippen LogP contribution is -2.48. The summed E-state index contributed by atoms with van der Waals surface area (Å²) in [6.07, 6.45) is 1.95. The van der Waals surface area contributed by atoms with Gasteiger partial charge in [0.1, 0.15) is 58.2 Å². The fourth-order valence-corrected chi connectivity index (χ4v) is 9.90. The Hall–Kier alpha value is -6.12. The maximum atomic E-state index is 12.7. The number of guanidine groups is 2. The van der Waals surface area contributed by atoms with Crippen molar-refractivity contribution in [3.05, 3.63) is 68.6 Å². The van der Waals surface area contributed by atoms with Crippen molar-refractivity contribution in [3.8, 4) is 23.0 Å². The van der Waals surface area contributed by atoms with Gasteiger partial charge in [-0.1, -0.05) is 0 Å². The van der Waals surface area contributed by atoms with Crippen molar-refractivity contribution in [2.75, 3.05) is 106 Å². The van der Waals surface area contributed by atoms with Crippen molar-refractivity contribution in [1.29, 1.82) is 0 Å². The monoisotopic (exact) mass is 1000 g/mol. The summed E-state index contributed by atoms with van der Waals surface area (Å²) in [5, 5.41) is 26.9. The standard InChI is InChI=1S/C24H30N6O5S.C22H26N6O5S/c1-14-9-29(10-15(2)35-14)11-16(31)12-34-18-5-4-17-20(21(18)33-3)27-24(30-7-6-26-22(17)30)28-23(32)19-8-25-13-36-19;1-31-19-16(33-12-14(29)11-27-6-8-32-9-7-27)3-2-15-18(19)25-22(28-5-4-24-20(15)28)26-21(30)17-10-23-13-34-17/h4-5,8,13-16,31H,6-7,9-12H2,1-3H3,(H,27,28,32);2-3,10,13-14,29H,4-9,11-12H2,1H3,(H,25,26,30)/t14-,15+,16-;14-/m10/s1. The van der Waals surface area contributed by atoms with Crippen LogP contribution in [0.4, 0.5) is 11.4 Å². The quantitative estimate of drug-likeness (QED) is 0.142. The number of morpholine rings is 2. The summed E-state index contributed by atoms with van der Waals surface area (Å²) in [4.78, 5) is 61.0. The van der Waals surface area contributed by atoms with Crippen LogP contribution in [0.3, 0.4) is 0 Å². The number of amides is 2. The molecular formula is C46H56N12O10S2. The van der Waals surface area contributed by atoms with E-state index in [1.54, 1.807) is 37.4 Å². The fraction of sp³-hybridized carbons (Fsp3) is 0.478. The molecule has 10 rings (SSSR count). The highest BCUT2D eigenvalue weighted by Gasteiger charge is 2.36. The van der Waals surface area contributed by atoms with Crippen molar-refractivity contribution in [1.82, 2.24) is 40.2 Å². The minimum absolute atomic E-state index is 0.0982. The Balaban J connectivity index is 0.000000174. The number of methoxy groups -OCH3 is 2. The molecule has 22 nitrogen and oxygen atoms in total. The summed E-state index contributed by atoms with van der Waals surface area (Å²) in [5.41, 5.74) is 5.86. The second-order valence-electron chi connectivity index (χ2n) is 17.0. The van der Waals surface area contributed by atoms with Crippen LogP contribution < -0.4 is 29.6 Å². The molecule has 0 spiro atoms. The molecule has 2 saturated heterocycles. The topological polar surface area (TPSA) is 242 Å². The average Bonchev–Trinajstić information content (AvgIpc) is 4.22. The third-order valence-corrected chi connectivity index (χ3v) is 13.4. The molecule has 70 heavy (non-hydrogen) atoms. The third-order valence-electron chi connectivity index (χ3n) is 11.9. The number of nitrogens with one attached hydrogen (secondary N) is 2. The summed E-state index contributed by atoms with van der Waals surface area (Å²) < 4.78 is 34.4. The molecular weight excluding hydrogens is 945 g/mol. The maximum Gasteiger partial charge on any atom is 0.269 e. The molecule has 4 atom stereocenters.